The summed E-state index contributed by atoms with van der Waals surface area (Å²) in [5, 5.41) is 8.97. The Labute approximate surface area is 173 Å². The van der Waals surface area contributed by atoms with Crippen LogP contribution >= 0.6 is 11.6 Å². The van der Waals surface area contributed by atoms with Gasteiger partial charge in [0.25, 0.3) is 0 Å². The third kappa shape index (κ3) is 4.12. The summed E-state index contributed by atoms with van der Waals surface area (Å²) >= 11 is 5.92. The van der Waals surface area contributed by atoms with E-state index in [2.05, 4.69) is 10.4 Å². The first-order valence-corrected chi connectivity index (χ1v) is 9.67. The minimum Gasteiger partial charge on any atom is -0.459 e. The van der Waals surface area contributed by atoms with Crippen LogP contribution in [0.25, 0.3) is 16.7 Å². The Morgan fingerprint density at radius 2 is 2.00 bits per heavy atom. The van der Waals surface area contributed by atoms with E-state index in [9.17, 15) is 4.79 Å². The number of halogens is 1. The van der Waals surface area contributed by atoms with Gasteiger partial charge in [-0.15, -0.1) is 0 Å². The zero-order chi connectivity index (χ0) is 20.4. The van der Waals surface area contributed by atoms with Gasteiger partial charge in [0.15, 0.2) is 0 Å². The first-order valence-electron chi connectivity index (χ1n) is 9.30. The van der Waals surface area contributed by atoms with Crippen molar-refractivity contribution < 1.29 is 9.21 Å². The van der Waals surface area contributed by atoms with E-state index >= 15 is 0 Å². The van der Waals surface area contributed by atoms with Crippen molar-refractivity contribution in [3.8, 4) is 5.69 Å². The first-order chi connectivity index (χ1) is 14.0. The van der Waals surface area contributed by atoms with Crippen molar-refractivity contribution in [3.63, 3.8) is 0 Å². The smallest absolute Gasteiger partial charge is 0.318 e. The second kappa shape index (κ2) is 8.01. The molecule has 148 valence electrons. The molecule has 1 atom stereocenters. The first kappa shape index (κ1) is 19.1. The van der Waals surface area contributed by atoms with E-state index in [4.69, 9.17) is 16.0 Å². The van der Waals surface area contributed by atoms with Gasteiger partial charge in [-0.2, -0.15) is 5.10 Å². The highest BCUT2D eigenvalue weighted by atomic mass is 35.5. The summed E-state index contributed by atoms with van der Waals surface area (Å²) in [5.74, 6) is 0.749. The number of benzene rings is 2. The van der Waals surface area contributed by atoms with E-state index in [-0.39, 0.29) is 12.1 Å². The van der Waals surface area contributed by atoms with Gasteiger partial charge in [-0.3, -0.25) is 0 Å². The fourth-order valence-corrected chi connectivity index (χ4v) is 3.19. The molecule has 2 heterocycles. The number of hydrogen-bond acceptors (Lipinski definition) is 3. The van der Waals surface area contributed by atoms with Crippen LogP contribution in [0, 0.1) is 0 Å². The summed E-state index contributed by atoms with van der Waals surface area (Å²) in [6.07, 6.45) is 3.61. The van der Waals surface area contributed by atoms with Crippen molar-refractivity contribution in [2.75, 3.05) is 7.05 Å². The van der Waals surface area contributed by atoms with Crippen LogP contribution in [0.5, 0.6) is 0 Å². The van der Waals surface area contributed by atoms with Crippen LogP contribution < -0.4 is 5.32 Å². The number of para-hydroxylation sites is 1. The van der Waals surface area contributed by atoms with Crippen molar-refractivity contribution in [1.82, 2.24) is 20.0 Å². The van der Waals surface area contributed by atoms with Gasteiger partial charge in [0.1, 0.15) is 11.3 Å². The Morgan fingerprint density at radius 3 is 2.76 bits per heavy atom. The zero-order valence-electron chi connectivity index (χ0n) is 16.2. The van der Waals surface area contributed by atoms with Crippen molar-refractivity contribution in [2.45, 2.75) is 19.5 Å². The largest absolute Gasteiger partial charge is 0.459 e. The molecule has 6 nitrogen and oxygen atoms in total. The van der Waals surface area contributed by atoms with Crippen LogP contribution in [0.2, 0.25) is 5.02 Å². The summed E-state index contributed by atoms with van der Waals surface area (Å²) in [6, 6.07) is 16.8. The van der Waals surface area contributed by atoms with Crippen molar-refractivity contribution in [3.05, 3.63) is 83.3 Å². The molecule has 0 aliphatic rings. The molecule has 29 heavy (non-hydrogen) atoms. The summed E-state index contributed by atoms with van der Waals surface area (Å²) in [4.78, 5) is 14.2. The van der Waals surface area contributed by atoms with Crippen molar-refractivity contribution in [2.24, 2.45) is 0 Å². The van der Waals surface area contributed by atoms with Crippen LogP contribution in [0.15, 0.2) is 71.4 Å². The Bertz CT molecular complexity index is 1100. The molecular weight excluding hydrogens is 388 g/mol. The van der Waals surface area contributed by atoms with Gasteiger partial charge in [0.05, 0.1) is 17.9 Å². The van der Waals surface area contributed by atoms with Gasteiger partial charge in [-0.05, 0) is 43.3 Å². The number of nitrogens with one attached hydrogen (secondary N) is 1. The quantitative estimate of drug-likeness (QED) is 0.495. The molecule has 0 spiro atoms. The van der Waals surface area contributed by atoms with E-state index in [0.717, 1.165) is 28.0 Å². The van der Waals surface area contributed by atoms with Gasteiger partial charge >= 0.3 is 6.03 Å². The number of nitrogens with zero attached hydrogens (tertiary/aromatic N) is 3. The number of urea groups is 1. The van der Waals surface area contributed by atoms with Crippen molar-refractivity contribution >= 4 is 28.6 Å². The minimum atomic E-state index is -0.195. The second-order valence-electron chi connectivity index (χ2n) is 6.90. The fourth-order valence-electron chi connectivity index (χ4n) is 3.06. The number of fused-ring (bicyclic) bond motifs is 1. The zero-order valence-corrected chi connectivity index (χ0v) is 16.9. The standard InChI is InChI=1S/C22H21ClN4O2/c1-15(21-11-17-5-3-4-6-20(17)29-21)26(2)22(28)24-12-16-13-25-27(14-16)19-9-7-18(23)8-10-19/h3-11,13-15H,12H2,1-2H3,(H,24,28). The lowest BCUT2D eigenvalue weighted by atomic mass is 10.2. The number of carbonyl (C=O) groups excluding carboxylic acids is 1. The summed E-state index contributed by atoms with van der Waals surface area (Å²) < 4.78 is 7.63. The van der Waals surface area contributed by atoms with E-state index in [1.807, 2.05) is 67.7 Å². The molecule has 4 rings (SSSR count). The minimum absolute atomic E-state index is 0.183. The lowest BCUT2D eigenvalue weighted by Crippen LogP contribution is -2.38. The van der Waals surface area contributed by atoms with Gasteiger partial charge in [-0.25, -0.2) is 9.48 Å². The number of furan rings is 1. The molecule has 0 aliphatic heterocycles. The van der Waals surface area contributed by atoms with Crippen molar-refractivity contribution in [1.29, 1.82) is 0 Å². The molecule has 1 N–H and O–H groups in total. The molecule has 0 radical (unpaired) electrons. The van der Waals surface area contributed by atoms with E-state index in [1.165, 1.54) is 0 Å². The molecule has 7 heteroatoms. The highest BCUT2D eigenvalue weighted by molar-refractivity contribution is 6.30. The normalized spacial score (nSPS) is 12.1. The molecule has 0 saturated carbocycles. The average Bonchev–Trinajstić information content (AvgIpc) is 3.38. The Balaban J connectivity index is 1.38. The average molecular weight is 409 g/mol. The number of carbonyl (C=O) groups is 1. The second-order valence-corrected chi connectivity index (χ2v) is 7.34. The molecule has 0 saturated heterocycles. The predicted molar refractivity (Wildman–Crippen MR) is 113 cm³/mol. The monoisotopic (exact) mass is 408 g/mol. The lowest BCUT2D eigenvalue weighted by molar-refractivity contribution is 0.187. The number of amides is 2. The summed E-state index contributed by atoms with van der Waals surface area (Å²) in [6.45, 7) is 2.32. The highest BCUT2D eigenvalue weighted by Crippen LogP contribution is 2.26. The van der Waals surface area contributed by atoms with Crippen LogP contribution in [-0.2, 0) is 6.54 Å². The predicted octanol–water partition coefficient (Wildman–Crippen LogP) is 5.17. The summed E-state index contributed by atoms with van der Waals surface area (Å²) in [7, 11) is 1.75. The maximum Gasteiger partial charge on any atom is 0.318 e. The molecule has 2 amide bonds. The van der Waals surface area contributed by atoms with Gasteiger partial charge in [-0.1, -0.05) is 29.8 Å². The molecule has 2 aromatic carbocycles. The Morgan fingerprint density at radius 1 is 1.24 bits per heavy atom. The molecule has 0 bridgehead atoms. The topological polar surface area (TPSA) is 63.3 Å². The fraction of sp³-hybridized carbons (Fsp3) is 0.182. The highest BCUT2D eigenvalue weighted by Gasteiger charge is 2.20. The molecule has 4 aromatic rings. The van der Waals surface area contributed by atoms with E-state index in [1.54, 1.807) is 22.8 Å². The SMILES string of the molecule is CC(c1cc2ccccc2o1)N(C)C(=O)NCc1cnn(-c2ccc(Cl)cc2)c1. The lowest BCUT2D eigenvalue weighted by Gasteiger charge is -2.23. The number of rotatable bonds is 5. The molecule has 0 aliphatic carbocycles. The summed E-state index contributed by atoms with van der Waals surface area (Å²) in [5.41, 5.74) is 2.62. The van der Waals surface area contributed by atoms with Gasteiger partial charge in [0, 0.05) is 35.8 Å². The van der Waals surface area contributed by atoms with Gasteiger partial charge in [0.2, 0.25) is 0 Å². The molecule has 1 unspecified atom stereocenters. The Hall–Kier alpha value is -3.25. The number of hydrogen-bond donors (Lipinski definition) is 1. The Kier molecular flexibility index (Phi) is 5.27. The maximum absolute atomic E-state index is 12.6. The maximum atomic E-state index is 12.6. The van der Waals surface area contributed by atoms with Crippen LogP contribution in [0.4, 0.5) is 4.79 Å². The third-order valence-corrected chi connectivity index (χ3v) is 5.18. The molecule has 2 aromatic heterocycles. The van der Waals surface area contributed by atoms with E-state index < -0.39 is 0 Å². The molecular formula is C22H21ClN4O2. The van der Waals surface area contributed by atoms with Gasteiger partial charge < -0.3 is 14.6 Å². The van der Waals surface area contributed by atoms with Crippen LogP contribution in [0.3, 0.4) is 0 Å². The number of aromatic nitrogens is 2. The van der Waals surface area contributed by atoms with Crippen LogP contribution in [-0.4, -0.2) is 27.8 Å². The molecule has 0 fully saturated rings. The third-order valence-electron chi connectivity index (χ3n) is 4.93. The van der Waals surface area contributed by atoms with Crippen LogP contribution in [0.1, 0.15) is 24.3 Å². The van der Waals surface area contributed by atoms with E-state index in [0.29, 0.717) is 11.6 Å².